The molecular formula is C20H30N2O5S2. The molecular weight excluding hydrogens is 412 g/mol. The molecule has 29 heavy (non-hydrogen) atoms. The van der Waals surface area contributed by atoms with Gasteiger partial charge in [0.2, 0.25) is 15.9 Å². The lowest BCUT2D eigenvalue weighted by atomic mass is 10.1. The van der Waals surface area contributed by atoms with Crippen molar-refractivity contribution in [3.63, 3.8) is 0 Å². The fourth-order valence-corrected chi connectivity index (χ4v) is 6.74. The molecule has 7 nitrogen and oxygen atoms in total. The highest BCUT2D eigenvalue weighted by Crippen LogP contribution is 2.20. The molecule has 1 amide bonds. The monoisotopic (exact) mass is 442 g/mol. The summed E-state index contributed by atoms with van der Waals surface area (Å²) < 4.78 is 50.0. The van der Waals surface area contributed by atoms with E-state index in [1.165, 1.54) is 4.31 Å². The van der Waals surface area contributed by atoms with Gasteiger partial charge in [-0.05, 0) is 30.5 Å². The molecule has 1 heterocycles. The molecule has 2 rings (SSSR count). The van der Waals surface area contributed by atoms with Crippen molar-refractivity contribution in [2.75, 3.05) is 31.1 Å². The second-order valence-corrected chi connectivity index (χ2v) is 11.3. The second kappa shape index (κ2) is 9.86. The maximum Gasteiger partial charge on any atom is 0.243 e. The van der Waals surface area contributed by atoms with Gasteiger partial charge in [-0.25, -0.2) is 16.8 Å². The van der Waals surface area contributed by atoms with E-state index in [1.807, 2.05) is 0 Å². The topological polar surface area (TPSA) is 91.8 Å². The zero-order valence-electron chi connectivity index (χ0n) is 17.1. The first-order valence-corrected chi connectivity index (χ1v) is 13.1. The third-order valence-electron chi connectivity index (χ3n) is 5.19. The highest BCUT2D eigenvalue weighted by Gasteiger charge is 2.33. The van der Waals surface area contributed by atoms with Gasteiger partial charge in [0.05, 0.1) is 16.4 Å². The highest BCUT2D eigenvalue weighted by atomic mass is 32.2. The summed E-state index contributed by atoms with van der Waals surface area (Å²) in [4.78, 5) is 14.5. The Balaban J connectivity index is 2.03. The molecule has 162 valence electrons. The third kappa shape index (κ3) is 5.90. The predicted octanol–water partition coefficient (Wildman–Crippen LogP) is 1.85. The number of sulfonamides is 1. The number of hydrogen-bond donors (Lipinski definition) is 0. The molecule has 1 aromatic rings. The Morgan fingerprint density at radius 1 is 1.21 bits per heavy atom. The number of nitrogens with zero attached hydrogens (tertiary/aromatic N) is 2. The van der Waals surface area contributed by atoms with Gasteiger partial charge in [-0.3, -0.25) is 4.79 Å². The Kier molecular flexibility index (Phi) is 8.02. The minimum Gasteiger partial charge on any atom is -0.335 e. The van der Waals surface area contributed by atoms with Crippen molar-refractivity contribution in [3.8, 4) is 0 Å². The van der Waals surface area contributed by atoms with Crippen LogP contribution in [-0.4, -0.2) is 69.1 Å². The average molecular weight is 443 g/mol. The van der Waals surface area contributed by atoms with E-state index in [1.54, 1.807) is 49.1 Å². The van der Waals surface area contributed by atoms with Crippen LogP contribution in [0.1, 0.15) is 32.3 Å². The number of amides is 1. The quantitative estimate of drug-likeness (QED) is 0.516. The summed E-state index contributed by atoms with van der Waals surface area (Å²) >= 11 is 0. The van der Waals surface area contributed by atoms with Crippen LogP contribution in [0.3, 0.4) is 0 Å². The summed E-state index contributed by atoms with van der Waals surface area (Å²) in [6.45, 7) is 8.40. The van der Waals surface area contributed by atoms with Crippen molar-refractivity contribution < 1.29 is 21.6 Å². The molecule has 9 heteroatoms. The van der Waals surface area contributed by atoms with E-state index in [4.69, 9.17) is 0 Å². The molecule has 0 bridgehead atoms. The first kappa shape index (κ1) is 23.6. The number of rotatable bonds is 10. The van der Waals surface area contributed by atoms with Gasteiger partial charge in [0.25, 0.3) is 0 Å². The largest absolute Gasteiger partial charge is 0.335 e. The summed E-state index contributed by atoms with van der Waals surface area (Å²) in [6.07, 6.45) is 2.75. The number of hydrogen-bond acceptors (Lipinski definition) is 5. The lowest BCUT2D eigenvalue weighted by Crippen LogP contribution is -2.41. The lowest BCUT2D eigenvalue weighted by Gasteiger charge is -2.27. The molecule has 1 saturated heterocycles. The van der Waals surface area contributed by atoms with Crippen LogP contribution in [0.25, 0.3) is 0 Å². The third-order valence-corrected chi connectivity index (χ3v) is 9.00. The van der Waals surface area contributed by atoms with E-state index in [2.05, 4.69) is 6.58 Å². The Hall–Kier alpha value is -1.71. The maximum atomic E-state index is 12.7. The van der Waals surface area contributed by atoms with Crippen molar-refractivity contribution in [1.29, 1.82) is 0 Å². The Morgan fingerprint density at radius 2 is 1.83 bits per heavy atom. The molecule has 0 aromatic heterocycles. The molecule has 0 spiro atoms. The van der Waals surface area contributed by atoms with Crippen LogP contribution in [0.2, 0.25) is 0 Å². The van der Waals surface area contributed by atoms with Gasteiger partial charge in [-0.15, -0.1) is 6.58 Å². The molecule has 1 aromatic carbocycles. The fraction of sp³-hybridized carbons (Fsp3) is 0.550. The van der Waals surface area contributed by atoms with Crippen LogP contribution in [0.4, 0.5) is 0 Å². The smallest absolute Gasteiger partial charge is 0.243 e. The van der Waals surface area contributed by atoms with Crippen molar-refractivity contribution in [2.24, 2.45) is 0 Å². The van der Waals surface area contributed by atoms with Gasteiger partial charge < -0.3 is 4.90 Å². The number of sulfone groups is 1. The van der Waals surface area contributed by atoms with E-state index in [9.17, 15) is 21.6 Å². The summed E-state index contributed by atoms with van der Waals surface area (Å²) in [6, 6.07) is 6.28. The number of aryl methyl sites for hydroxylation is 1. The zero-order chi connectivity index (χ0) is 21.7. The predicted molar refractivity (Wildman–Crippen MR) is 114 cm³/mol. The Bertz CT molecular complexity index is 920. The molecule has 1 aliphatic rings. The summed E-state index contributed by atoms with van der Waals surface area (Å²) in [5.74, 6) is -0.00204. The summed E-state index contributed by atoms with van der Waals surface area (Å²) in [7, 11) is -6.58. The number of carbonyl (C=O) groups excluding carboxylic acids is 1. The van der Waals surface area contributed by atoms with Gasteiger partial charge in [0, 0.05) is 32.1 Å². The molecule has 0 aliphatic carbocycles. The zero-order valence-corrected chi connectivity index (χ0v) is 18.7. The molecule has 1 unspecified atom stereocenters. The van der Waals surface area contributed by atoms with Crippen molar-refractivity contribution in [3.05, 3.63) is 42.5 Å². The van der Waals surface area contributed by atoms with Gasteiger partial charge in [-0.1, -0.05) is 32.1 Å². The summed E-state index contributed by atoms with van der Waals surface area (Å²) in [5, 5.41) is 0. The van der Waals surface area contributed by atoms with E-state index < -0.39 is 19.9 Å². The van der Waals surface area contributed by atoms with Crippen LogP contribution >= 0.6 is 0 Å². The summed E-state index contributed by atoms with van der Waals surface area (Å²) in [5.41, 5.74) is 0.856. The van der Waals surface area contributed by atoms with E-state index in [0.717, 1.165) is 5.56 Å². The molecule has 0 saturated carbocycles. The van der Waals surface area contributed by atoms with Gasteiger partial charge in [0.1, 0.15) is 0 Å². The van der Waals surface area contributed by atoms with E-state index in [-0.39, 0.29) is 34.8 Å². The van der Waals surface area contributed by atoms with E-state index in [0.29, 0.717) is 32.5 Å². The number of carbonyl (C=O) groups is 1. The fourth-order valence-electron chi connectivity index (χ4n) is 3.55. The standard InChI is InChI=1S/C20H30N2O5S2/c1-4-14-22(18-13-15-28(24,25)16-18)20(23)12-9-17-7-10-19(11-8-17)29(26,27)21(5-2)6-3/h4,7-8,10-11,18H,1,5-6,9,12-16H2,2-3H3. The van der Waals surface area contributed by atoms with Crippen LogP contribution in [0.5, 0.6) is 0 Å². The van der Waals surface area contributed by atoms with Crippen molar-refractivity contribution in [1.82, 2.24) is 9.21 Å². The second-order valence-electron chi connectivity index (χ2n) is 7.12. The Morgan fingerprint density at radius 3 is 2.31 bits per heavy atom. The molecule has 1 atom stereocenters. The van der Waals surface area contributed by atoms with Crippen LogP contribution in [0.15, 0.2) is 41.8 Å². The minimum absolute atomic E-state index is 0.00446. The molecule has 1 fully saturated rings. The van der Waals surface area contributed by atoms with Crippen LogP contribution in [0, 0.1) is 0 Å². The van der Waals surface area contributed by atoms with Crippen LogP contribution < -0.4 is 0 Å². The molecule has 0 radical (unpaired) electrons. The minimum atomic E-state index is -3.50. The molecule has 0 N–H and O–H groups in total. The first-order chi connectivity index (χ1) is 13.6. The maximum absolute atomic E-state index is 12.7. The Labute approximate surface area is 174 Å². The van der Waals surface area contributed by atoms with Crippen molar-refractivity contribution in [2.45, 2.75) is 44.0 Å². The number of benzene rings is 1. The SMILES string of the molecule is C=CCN(C(=O)CCc1ccc(S(=O)(=O)N(CC)CC)cc1)C1CCS(=O)(=O)C1. The van der Waals surface area contributed by atoms with Gasteiger partial charge >= 0.3 is 0 Å². The lowest BCUT2D eigenvalue weighted by molar-refractivity contribution is -0.132. The average Bonchev–Trinajstić information content (AvgIpc) is 3.04. The first-order valence-electron chi connectivity index (χ1n) is 9.84. The van der Waals surface area contributed by atoms with Gasteiger partial charge in [-0.2, -0.15) is 4.31 Å². The van der Waals surface area contributed by atoms with Crippen LogP contribution in [-0.2, 0) is 31.1 Å². The highest BCUT2D eigenvalue weighted by molar-refractivity contribution is 7.91. The van der Waals surface area contributed by atoms with Gasteiger partial charge in [0.15, 0.2) is 9.84 Å². The van der Waals surface area contributed by atoms with Crippen molar-refractivity contribution >= 4 is 25.8 Å². The molecule has 1 aliphatic heterocycles. The normalized spacial score (nSPS) is 18.7. The van der Waals surface area contributed by atoms with E-state index >= 15 is 0 Å².